The van der Waals surface area contributed by atoms with Crippen molar-refractivity contribution in [3.05, 3.63) is 27.4 Å². The summed E-state index contributed by atoms with van der Waals surface area (Å²) in [7, 11) is 0. The lowest BCUT2D eigenvalue weighted by molar-refractivity contribution is 0.250. The number of benzene rings is 1. The van der Waals surface area contributed by atoms with Crippen molar-refractivity contribution >= 4 is 27.5 Å². The van der Waals surface area contributed by atoms with Gasteiger partial charge in [-0.3, -0.25) is 0 Å². The zero-order valence-electron chi connectivity index (χ0n) is 10.0. The maximum absolute atomic E-state index is 13.3. The second-order valence-electron chi connectivity index (χ2n) is 4.53. The van der Waals surface area contributed by atoms with Gasteiger partial charge in [0, 0.05) is 6.07 Å². The van der Waals surface area contributed by atoms with Crippen LogP contribution in [0.4, 0.5) is 4.39 Å². The minimum Gasteiger partial charge on any atom is -0.492 e. The molecule has 1 fully saturated rings. The SMILES string of the molecule is Fc1cc(OCCC2CCNCC2)c(Br)cc1Cl. The monoisotopic (exact) mass is 335 g/mol. The summed E-state index contributed by atoms with van der Waals surface area (Å²) in [4.78, 5) is 0. The van der Waals surface area contributed by atoms with E-state index in [9.17, 15) is 4.39 Å². The summed E-state index contributed by atoms with van der Waals surface area (Å²) in [6.45, 7) is 2.79. The van der Waals surface area contributed by atoms with Gasteiger partial charge in [-0.2, -0.15) is 0 Å². The van der Waals surface area contributed by atoms with Crippen LogP contribution in [0.15, 0.2) is 16.6 Å². The fourth-order valence-electron chi connectivity index (χ4n) is 2.12. The minimum absolute atomic E-state index is 0.104. The first kappa shape index (κ1) is 14.1. The highest BCUT2D eigenvalue weighted by atomic mass is 79.9. The molecule has 0 atom stereocenters. The maximum atomic E-state index is 13.3. The Morgan fingerprint density at radius 3 is 2.83 bits per heavy atom. The summed E-state index contributed by atoms with van der Waals surface area (Å²) in [5, 5.41) is 3.44. The summed E-state index contributed by atoms with van der Waals surface area (Å²) in [6.07, 6.45) is 3.40. The van der Waals surface area contributed by atoms with Gasteiger partial charge in [0.25, 0.3) is 0 Å². The second kappa shape index (κ2) is 6.73. The summed E-state index contributed by atoms with van der Waals surface area (Å²) < 4.78 is 19.6. The molecule has 1 saturated heterocycles. The Morgan fingerprint density at radius 1 is 1.39 bits per heavy atom. The zero-order chi connectivity index (χ0) is 13.0. The third kappa shape index (κ3) is 3.84. The Kier molecular flexibility index (Phi) is 5.27. The van der Waals surface area contributed by atoms with E-state index in [1.807, 2.05) is 0 Å². The van der Waals surface area contributed by atoms with Gasteiger partial charge in [-0.05, 0) is 60.3 Å². The van der Waals surface area contributed by atoms with E-state index in [1.54, 1.807) is 0 Å². The summed E-state index contributed by atoms with van der Waals surface area (Å²) in [6, 6.07) is 2.85. The molecule has 1 aromatic rings. The van der Waals surface area contributed by atoms with Gasteiger partial charge in [-0.15, -0.1) is 0 Å². The van der Waals surface area contributed by atoms with Crippen molar-refractivity contribution in [3.8, 4) is 5.75 Å². The summed E-state index contributed by atoms with van der Waals surface area (Å²) in [5.74, 6) is 0.782. The average molecular weight is 337 g/mol. The molecule has 1 N–H and O–H groups in total. The molecule has 1 aromatic carbocycles. The molecular formula is C13H16BrClFNO. The first-order chi connectivity index (χ1) is 8.66. The third-order valence-corrected chi connectivity index (χ3v) is 4.13. The fourth-order valence-corrected chi connectivity index (χ4v) is 2.87. The van der Waals surface area contributed by atoms with Gasteiger partial charge in [0.1, 0.15) is 11.6 Å². The molecule has 0 radical (unpaired) electrons. The van der Waals surface area contributed by atoms with Gasteiger partial charge in [0.05, 0.1) is 16.1 Å². The molecular weight excluding hydrogens is 321 g/mol. The molecule has 1 aliphatic rings. The lowest BCUT2D eigenvalue weighted by atomic mass is 9.95. The van der Waals surface area contributed by atoms with E-state index in [0.29, 0.717) is 22.7 Å². The predicted molar refractivity (Wildman–Crippen MR) is 74.8 cm³/mol. The van der Waals surface area contributed by atoms with E-state index >= 15 is 0 Å². The second-order valence-corrected chi connectivity index (χ2v) is 5.79. The zero-order valence-corrected chi connectivity index (χ0v) is 12.4. The van der Waals surface area contributed by atoms with Crippen LogP contribution in [0.5, 0.6) is 5.75 Å². The number of rotatable bonds is 4. The van der Waals surface area contributed by atoms with Crippen molar-refractivity contribution < 1.29 is 9.13 Å². The topological polar surface area (TPSA) is 21.3 Å². The van der Waals surface area contributed by atoms with E-state index < -0.39 is 5.82 Å². The maximum Gasteiger partial charge on any atom is 0.145 e. The molecule has 0 amide bonds. The van der Waals surface area contributed by atoms with Gasteiger partial charge < -0.3 is 10.1 Å². The third-order valence-electron chi connectivity index (χ3n) is 3.22. The quantitative estimate of drug-likeness (QED) is 0.839. The van der Waals surface area contributed by atoms with Crippen LogP contribution >= 0.6 is 27.5 Å². The van der Waals surface area contributed by atoms with Crippen LogP contribution in [0.1, 0.15) is 19.3 Å². The molecule has 0 aliphatic carbocycles. The van der Waals surface area contributed by atoms with Crippen molar-refractivity contribution in [1.82, 2.24) is 5.32 Å². The van der Waals surface area contributed by atoms with E-state index in [4.69, 9.17) is 16.3 Å². The Morgan fingerprint density at radius 2 is 2.11 bits per heavy atom. The number of piperidine rings is 1. The predicted octanol–water partition coefficient (Wildman–Crippen LogP) is 4.01. The molecule has 0 bridgehead atoms. The van der Waals surface area contributed by atoms with Gasteiger partial charge in [0.2, 0.25) is 0 Å². The molecule has 100 valence electrons. The normalized spacial score (nSPS) is 16.8. The molecule has 18 heavy (non-hydrogen) atoms. The molecule has 1 heterocycles. The molecule has 0 saturated carbocycles. The highest BCUT2D eigenvalue weighted by Gasteiger charge is 2.13. The van der Waals surface area contributed by atoms with Crippen LogP contribution in [-0.2, 0) is 0 Å². The van der Waals surface area contributed by atoms with Crippen molar-refractivity contribution in [3.63, 3.8) is 0 Å². The molecule has 5 heteroatoms. The van der Waals surface area contributed by atoms with Crippen LogP contribution < -0.4 is 10.1 Å². The molecule has 0 unspecified atom stereocenters. The first-order valence-electron chi connectivity index (χ1n) is 6.15. The van der Waals surface area contributed by atoms with Crippen molar-refractivity contribution in [2.24, 2.45) is 5.92 Å². The molecule has 0 spiro atoms. The van der Waals surface area contributed by atoms with E-state index in [1.165, 1.54) is 25.0 Å². The number of hydrogen-bond acceptors (Lipinski definition) is 2. The van der Waals surface area contributed by atoms with Gasteiger partial charge in [-0.25, -0.2) is 4.39 Å². The first-order valence-corrected chi connectivity index (χ1v) is 7.32. The van der Waals surface area contributed by atoms with E-state index in [2.05, 4.69) is 21.2 Å². The lowest BCUT2D eigenvalue weighted by Crippen LogP contribution is -2.28. The van der Waals surface area contributed by atoms with E-state index in [-0.39, 0.29) is 5.02 Å². The van der Waals surface area contributed by atoms with Crippen LogP contribution in [0.25, 0.3) is 0 Å². The van der Waals surface area contributed by atoms with Crippen LogP contribution in [-0.4, -0.2) is 19.7 Å². The molecule has 0 aromatic heterocycles. The van der Waals surface area contributed by atoms with Gasteiger partial charge in [-0.1, -0.05) is 11.6 Å². The molecule has 2 nitrogen and oxygen atoms in total. The van der Waals surface area contributed by atoms with Crippen LogP contribution in [0.2, 0.25) is 5.02 Å². The highest BCUT2D eigenvalue weighted by Crippen LogP contribution is 2.31. The minimum atomic E-state index is -0.447. The fraction of sp³-hybridized carbons (Fsp3) is 0.538. The lowest BCUT2D eigenvalue weighted by Gasteiger charge is -2.22. The standard InChI is InChI=1S/C13H16BrClFNO/c14-10-7-11(15)12(16)8-13(10)18-6-3-9-1-4-17-5-2-9/h7-9,17H,1-6H2. The van der Waals surface area contributed by atoms with Crippen LogP contribution in [0.3, 0.4) is 0 Å². The van der Waals surface area contributed by atoms with Crippen LogP contribution in [0, 0.1) is 11.7 Å². The van der Waals surface area contributed by atoms with Crippen molar-refractivity contribution in [2.45, 2.75) is 19.3 Å². The smallest absolute Gasteiger partial charge is 0.145 e. The Balaban J connectivity index is 1.84. The highest BCUT2D eigenvalue weighted by molar-refractivity contribution is 9.10. The number of halogens is 3. The summed E-state index contributed by atoms with van der Waals surface area (Å²) >= 11 is 9.00. The number of hydrogen-bond donors (Lipinski definition) is 1. The molecule has 2 rings (SSSR count). The Hall–Kier alpha value is -0.320. The Labute approximate surface area is 120 Å². The number of ether oxygens (including phenoxy) is 1. The van der Waals surface area contributed by atoms with Gasteiger partial charge in [0.15, 0.2) is 0 Å². The summed E-state index contributed by atoms with van der Waals surface area (Å²) in [5.41, 5.74) is 0. The average Bonchev–Trinajstić information content (AvgIpc) is 2.37. The van der Waals surface area contributed by atoms with E-state index in [0.717, 1.165) is 19.5 Å². The van der Waals surface area contributed by atoms with Crippen molar-refractivity contribution in [1.29, 1.82) is 0 Å². The Bertz CT molecular complexity index is 410. The van der Waals surface area contributed by atoms with Gasteiger partial charge >= 0.3 is 0 Å². The number of nitrogens with one attached hydrogen (secondary N) is 1. The molecule has 1 aliphatic heterocycles. The van der Waals surface area contributed by atoms with Crippen molar-refractivity contribution in [2.75, 3.05) is 19.7 Å². The largest absolute Gasteiger partial charge is 0.492 e.